The zero-order chi connectivity index (χ0) is 21.8. The molecule has 1 N–H and O–H groups in total. The van der Waals surface area contributed by atoms with E-state index in [1.54, 1.807) is 19.9 Å². The van der Waals surface area contributed by atoms with Gasteiger partial charge in [-0.15, -0.1) is 0 Å². The standard InChI is InChI=1S/C22H22F2N2O4/c1-12-5-7-18(14(3)9-12)28-11-16-15(4)30-26-20(16)21(27)25-17-10-13(2)6-8-19(17)29-22(23)24/h5-10,22H,11H2,1-4H3,(H,25,27). The van der Waals surface area contributed by atoms with Gasteiger partial charge in [-0.3, -0.25) is 4.79 Å². The van der Waals surface area contributed by atoms with E-state index >= 15 is 0 Å². The number of carbonyl (C=O) groups excluding carboxylic acids is 1. The first-order valence-electron chi connectivity index (χ1n) is 9.26. The second kappa shape index (κ2) is 8.94. The average molecular weight is 416 g/mol. The Morgan fingerprint density at radius 3 is 2.40 bits per heavy atom. The average Bonchev–Trinajstić information content (AvgIpc) is 3.03. The lowest BCUT2D eigenvalue weighted by molar-refractivity contribution is -0.0493. The molecular weight excluding hydrogens is 394 g/mol. The number of hydrogen-bond donors (Lipinski definition) is 1. The Morgan fingerprint density at radius 1 is 1.07 bits per heavy atom. The second-order valence-electron chi connectivity index (χ2n) is 6.96. The minimum atomic E-state index is -3.01. The fourth-order valence-electron chi connectivity index (χ4n) is 2.97. The van der Waals surface area contributed by atoms with Crippen molar-refractivity contribution < 1.29 is 27.6 Å². The van der Waals surface area contributed by atoms with E-state index < -0.39 is 12.5 Å². The lowest BCUT2D eigenvalue weighted by Crippen LogP contribution is -2.17. The van der Waals surface area contributed by atoms with E-state index in [4.69, 9.17) is 9.26 Å². The molecule has 0 saturated carbocycles. The smallest absolute Gasteiger partial charge is 0.387 e. The summed E-state index contributed by atoms with van der Waals surface area (Å²) in [5.41, 5.74) is 3.44. The van der Waals surface area contributed by atoms with Gasteiger partial charge in [0.2, 0.25) is 0 Å². The summed E-state index contributed by atoms with van der Waals surface area (Å²) in [5, 5.41) is 6.39. The Bertz CT molecular complexity index is 1060. The highest BCUT2D eigenvalue weighted by molar-refractivity contribution is 6.04. The van der Waals surface area contributed by atoms with Gasteiger partial charge in [0.1, 0.15) is 23.9 Å². The number of hydrogen-bond acceptors (Lipinski definition) is 5. The summed E-state index contributed by atoms with van der Waals surface area (Å²) in [4.78, 5) is 12.8. The second-order valence-corrected chi connectivity index (χ2v) is 6.96. The Hall–Kier alpha value is -3.42. The van der Waals surface area contributed by atoms with Gasteiger partial charge in [-0.2, -0.15) is 8.78 Å². The number of aromatic nitrogens is 1. The lowest BCUT2D eigenvalue weighted by Gasteiger charge is -2.13. The summed E-state index contributed by atoms with van der Waals surface area (Å²) in [6.07, 6.45) is 0. The molecule has 0 unspecified atom stereocenters. The zero-order valence-electron chi connectivity index (χ0n) is 17.1. The number of amides is 1. The Kier molecular flexibility index (Phi) is 6.34. The number of nitrogens with zero attached hydrogens (tertiary/aromatic N) is 1. The maximum Gasteiger partial charge on any atom is 0.387 e. The first kappa shape index (κ1) is 21.3. The third-order valence-corrected chi connectivity index (χ3v) is 4.50. The molecule has 0 aliphatic rings. The van der Waals surface area contributed by atoms with Crippen LogP contribution in [0.5, 0.6) is 11.5 Å². The highest BCUT2D eigenvalue weighted by Crippen LogP contribution is 2.28. The maximum absolute atomic E-state index is 12.8. The number of aryl methyl sites for hydroxylation is 4. The van der Waals surface area contributed by atoms with E-state index in [2.05, 4.69) is 15.2 Å². The lowest BCUT2D eigenvalue weighted by atomic mass is 10.1. The van der Waals surface area contributed by atoms with Crippen molar-refractivity contribution in [2.75, 3.05) is 5.32 Å². The number of rotatable bonds is 7. The van der Waals surface area contributed by atoms with Gasteiger partial charge in [-0.05, 0) is 57.0 Å². The number of anilines is 1. The molecule has 1 amide bonds. The van der Waals surface area contributed by atoms with Crippen LogP contribution in [0, 0.1) is 27.7 Å². The Balaban J connectivity index is 1.80. The number of alkyl halides is 2. The number of ether oxygens (including phenoxy) is 2. The zero-order valence-corrected chi connectivity index (χ0v) is 17.1. The normalized spacial score (nSPS) is 10.9. The SMILES string of the molecule is Cc1ccc(OCc2c(C(=O)Nc3cc(C)ccc3OC(F)F)noc2C)c(C)c1. The fourth-order valence-corrected chi connectivity index (χ4v) is 2.97. The van der Waals surface area contributed by atoms with Gasteiger partial charge in [0.05, 0.1) is 11.3 Å². The molecule has 0 bridgehead atoms. The van der Waals surface area contributed by atoms with E-state index in [1.165, 1.54) is 12.1 Å². The van der Waals surface area contributed by atoms with Crippen molar-refractivity contribution >= 4 is 11.6 Å². The summed E-state index contributed by atoms with van der Waals surface area (Å²) in [7, 11) is 0. The van der Waals surface area contributed by atoms with Gasteiger partial charge < -0.3 is 19.3 Å². The number of halogens is 2. The quantitative estimate of drug-likeness (QED) is 0.563. The topological polar surface area (TPSA) is 73.6 Å². The van der Waals surface area contributed by atoms with E-state index in [0.717, 1.165) is 16.7 Å². The number of carbonyl (C=O) groups is 1. The van der Waals surface area contributed by atoms with Crippen LogP contribution in [0.1, 0.15) is 38.5 Å². The summed E-state index contributed by atoms with van der Waals surface area (Å²) >= 11 is 0. The van der Waals surface area contributed by atoms with Crippen molar-refractivity contribution in [3.8, 4) is 11.5 Å². The minimum Gasteiger partial charge on any atom is -0.488 e. The molecule has 1 heterocycles. The monoisotopic (exact) mass is 416 g/mol. The molecule has 30 heavy (non-hydrogen) atoms. The summed E-state index contributed by atoms with van der Waals surface area (Å²) < 4.78 is 40.8. The van der Waals surface area contributed by atoms with Crippen LogP contribution in [-0.2, 0) is 6.61 Å². The third-order valence-electron chi connectivity index (χ3n) is 4.50. The minimum absolute atomic E-state index is 0.0155. The van der Waals surface area contributed by atoms with Gasteiger partial charge >= 0.3 is 6.61 Å². The number of benzene rings is 2. The van der Waals surface area contributed by atoms with Crippen LogP contribution >= 0.6 is 0 Å². The molecule has 0 radical (unpaired) electrons. The van der Waals surface area contributed by atoms with Gasteiger partial charge in [0, 0.05) is 0 Å². The first-order chi connectivity index (χ1) is 14.2. The van der Waals surface area contributed by atoms with Crippen molar-refractivity contribution in [2.45, 2.75) is 40.9 Å². The summed E-state index contributed by atoms with van der Waals surface area (Å²) in [6.45, 7) is 4.41. The molecule has 0 fully saturated rings. The molecule has 0 aliphatic heterocycles. The molecule has 0 spiro atoms. The molecule has 8 heteroatoms. The van der Waals surface area contributed by atoms with Crippen LogP contribution in [0.15, 0.2) is 40.9 Å². The summed E-state index contributed by atoms with van der Waals surface area (Å²) in [5.74, 6) is 0.352. The maximum atomic E-state index is 12.8. The number of nitrogens with one attached hydrogen (secondary N) is 1. The van der Waals surface area contributed by atoms with Gasteiger partial charge in [-0.1, -0.05) is 28.9 Å². The van der Waals surface area contributed by atoms with Crippen LogP contribution in [0.2, 0.25) is 0 Å². The van der Waals surface area contributed by atoms with E-state index in [9.17, 15) is 13.6 Å². The molecule has 0 atom stereocenters. The van der Waals surface area contributed by atoms with Crippen LogP contribution in [0.4, 0.5) is 14.5 Å². The molecule has 1 aromatic heterocycles. The Morgan fingerprint density at radius 2 is 1.73 bits per heavy atom. The molecule has 0 saturated heterocycles. The predicted molar refractivity (Wildman–Crippen MR) is 107 cm³/mol. The van der Waals surface area contributed by atoms with Gasteiger partial charge in [0.25, 0.3) is 5.91 Å². The van der Waals surface area contributed by atoms with Gasteiger partial charge in [0.15, 0.2) is 5.69 Å². The van der Waals surface area contributed by atoms with E-state index in [0.29, 0.717) is 17.1 Å². The molecule has 6 nitrogen and oxygen atoms in total. The van der Waals surface area contributed by atoms with Crippen molar-refractivity contribution in [3.05, 3.63) is 70.1 Å². The van der Waals surface area contributed by atoms with Crippen molar-refractivity contribution in [1.29, 1.82) is 0 Å². The molecule has 2 aromatic carbocycles. The molecule has 0 aliphatic carbocycles. The fraction of sp³-hybridized carbons (Fsp3) is 0.273. The molecular formula is C22H22F2N2O4. The van der Waals surface area contributed by atoms with E-state index in [-0.39, 0.29) is 23.7 Å². The Labute approximate surface area is 172 Å². The van der Waals surface area contributed by atoms with Crippen molar-refractivity contribution in [1.82, 2.24) is 5.16 Å². The molecule has 158 valence electrons. The van der Waals surface area contributed by atoms with Crippen LogP contribution in [0.3, 0.4) is 0 Å². The van der Waals surface area contributed by atoms with Gasteiger partial charge in [-0.25, -0.2) is 0 Å². The van der Waals surface area contributed by atoms with E-state index in [1.807, 2.05) is 32.0 Å². The molecule has 3 rings (SSSR count). The van der Waals surface area contributed by atoms with Crippen LogP contribution in [0.25, 0.3) is 0 Å². The van der Waals surface area contributed by atoms with Crippen LogP contribution < -0.4 is 14.8 Å². The van der Waals surface area contributed by atoms with Crippen molar-refractivity contribution in [2.24, 2.45) is 0 Å². The summed E-state index contributed by atoms with van der Waals surface area (Å²) in [6, 6.07) is 10.3. The van der Waals surface area contributed by atoms with Crippen molar-refractivity contribution in [3.63, 3.8) is 0 Å². The molecule has 3 aromatic rings. The highest BCUT2D eigenvalue weighted by Gasteiger charge is 2.22. The largest absolute Gasteiger partial charge is 0.488 e. The van der Waals surface area contributed by atoms with Crippen LogP contribution in [-0.4, -0.2) is 17.7 Å². The first-order valence-corrected chi connectivity index (χ1v) is 9.26. The highest BCUT2D eigenvalue weighted by atomic mass is 19.3. The third kappa shape index (κ3) is 4.94. The predicted octanol–water partition coefficient (Wildman–Crippen LogP) is 5.34.